The summed E-state index contributed by atoms with van der Waals surface area (Å²) in [6.07, 6.45) is 1.46. The molecule has 0 saturated carbocycles. The maximum absolute atomic E-state index is 13.3. The van der Waals surface area contributed by atoms with Gasteiger partial charge in [-0.25, -0.2) is 4.79 Å². The van der Waals surface area contributed by atoms with Crippen LogP contribution < -0.4 is 16.0 Å². The van der Waals surface area contributed by atoms with Gasteiger partial charge in [-0.05, 0) is 92.2 Å². The number of carbonyl (C=O) groups is 4. The minimum absolute atomic E-state index is 0.0351. The number of benzene rings is 4. The molecular formula is C34H29Cl2N3O5S. The van der Waals surface area contributed by atoms with Crippen molar-refractivity contribution < 1.29 is 23.9 Å². The molecular weight excluding hydrogens is 633 g/mol. The van der Waals surface area contributed by atoms with E-state index in [1.807, 2.05) is 0 Å². The van der Waals surface area contributed by atoms with Crippen molar-refractivity contribution in [2.24, 2.45) is 0 Å². The molecule has 3 N–H and O–H groups in total. The second-order valence-corrected chi connectivity index (χ2v) is 11.7. The van der Waals surface area contributed by atoms with Crippen LogP contribution in [-0.4, -0.2) is 35.5 Å². The maximum Gasteiger partial charge on any atom is 0.338 e. The van der Waals surface area contributed by atoms with Crippen LogP contribution in [0, 0.1) is 0 Å². The summed E-state index contributed by atoms with van der Waals surface area (Å²) in [4.78, 5) is 51.6. The Morgan fingerprint density at radius 2 is 1.44 bits per heavy atom. The summed E-state index contributed by atoms with van der Waals surface area (Å²) >= 11 is 13.8. The molecule has 4 aromatic rings. The Bertz CT molecular complexity index is 1710. The largest absolute Gasteiger partial charge is 0.462 e. The van der Waals surface area contributed by atoms with Crippen molar-refractivity contribution in [3.63, 3.8) is 0 Å². The van der Waals surface area contributed by atoms with E-state index in [9.17, 15) is 19.2 Å². The number of rotatable bonds is 11. The van der Waals surface area contributed by atoms with Gasteiger partial charge >= 0.3 is 5.97 Å². The topological polar surface area (TPSA) is 114 Å². The highest BCUT2D eigenvalue weighted by Gasteiger charge is 2.18. The molecule has 3 amide bonds. The zero-order valence-corrected chi connectivity index (χ0v) is 26.6. The molecule has 0 aliphatic heterocycles. The summed E-state index contributed by atoms with van der Waals surface area (Å²) in [6.45, 7) is 3.79. The first kappa shape index (κ1) is 33.3. The maximum atomic E-state index is 13.3. The molecule has 230 valence electrons. The van der Waals surface area contributed by atoms with Crippen LogP contribution in [0.15, 0.2) is 108 Å². The van der Waals surface area contributed by atoms with E-state index in [4.69, 9.17) is 27.9 Å². The lowest BCUT2D eigenvalue weighted by molar-refractivity contribution is -0.115. The van der Waals surface area contributed by atoms with Gasteiger partial charge in [-0.2, -0.15) is 0 Å². The zero-order valence-electron chi connectivity index (χ0n) is 24.3. The fourth-order valence-corrected chi connectivity index (χ4v) is 5.18. The van der Waals surface area contributed by atoms with Crippen LogP contribution in [0.25, 0.3) is 6.08 Å². The molecule has 0 radical (unpaired) electrons. The molecule has 0 fully saturated rings. The summed E-state index contributed by atoms with van der Waals surface area (Å²) in [5.74, 6) is -1.68. The van der Waals surface area contributed by atoms with E-state index in [1.54, 1.807) is 111 Å². The van der Waals surface area contributed by atoms with Crippen LogP contribution in [0.2, 0.25) is 10.0 Å². The number of esters is 1. The molecule has 0 bridgehead atoms. The molecule has 4 rings (SSSR count). The van der Waals surface area contributed by atoms with Crippen LogP contribution in [0.4, 0.5) is 11.4 Å². The third-order valence-corrected chi connectivity index (χ3v) is 8.21. The Hall–Kier alpha value is -4.57. The van der Waals surface area contributed by atoms with Gasteiger partial charge in [0.2, 0.25) is 5.91 Å². The van der Waals surface area contributed by atoms with Crippen LogP contribution in [0.3, 0.4) is 0 Å². The quantitative estimate of drug-likeness (QED) is 0.0862. The molecule has 0 spiro atoms. The number of carbonyl (C=O) groups excluding carboxylic acids is 4. The number of anilines is 2. The molecule has 0 heterocycles. The van der Waals surface area contributed by atoms with Crippen LogP contribution >= 0.6 is 35.0 Å². The number of hydrogen-bond donors (Lipinski definition) is 3. The molecule has 1 atom stereocenters. The molecule has 1 unspecified atom stereocenters. The van der Waals surface area contributed by atoms with Crippen LogP contribution in [0.5, 0.6) is 0 Å². The van der Waals surface area contributed by atoms with E-state index in [0.717, 1.165) is 4.90 Å². The average Bonchev–Trinajstić information content (AvgIpc) is 3.04. The fraction of sp³-hybridized carbons (Fsp3) is 0.118. The smallest absolute Gasteiger partial charge is 0.338 e. The van der Waals surface area contributed by atoms with Crippen molar-refractivity contribution in [2.45, 2.75) is 24.0 Å². The summed E-state index contributed by atoms with van der Waals surface area (Å²) in [5, 5.41) is 8.40. The van der Waals surface area contributed by atoms with Crippen molar-refractivity contribution in [1.29, 1.82) is 0 Å². The summed E-state index contributed by atoms with van der Waals surface area (Å²) in [7, 11) is 0. The van der Waals surface area contributed by atoms with E-state index in [2.05, 4.69) is 16.0 Å². The van der Waals surface area contributed by atoms with Crippen molar-refractivity contribution >= 4 is 76.1 Å². The van der Waals surface area contributed by atoms with Gasteiger partial charge in [-0.15, -0.1) is 11.8 Å². The number of hydrogen-bond acceptors (Lipinski definition) is 6. The van der Waals surface area contributed by atoms with E-state index >= 15 is 0 Å². The Kier molecular flexibility index (Phi) is 11.8. The monoisotopic (exact) mass is 661 g/mol. The molecule has 0 aliphatic rings. The normalized spacial score (nSPS) is 11.7. The van der Waals surface area contributed by atoms with Crippen molar-refractivity contribution in [1.82, 2.24) is 5.32 Å². The Labute approximate surface area is 275 Å². The lowest BCUT2D eigenvalue weighted by Crippen LogP contribution is -2.30. The lowest BCUT2D eigenvalue weighted by atomic mass is 10.1. The van der Waals surface area contributed by atoms with Gasteiger partial charge in [-0.1, -0.05) is 53.5 Å². The third-order valence-electron chi connectivity index (χ3n) is 6.27. The van der Waals surface area contributed by atoms with E-state index in [-0.39, 0.29) is 23.2 Å². The van der Waals surface area contributed by atoms with Crippen LogP contribution in [-0.2, 0) is 14.3 Å². The highest BCUT2D eigenvalue weighted by Crippen LogP contribution is 2.28. The minimum atomic E-state index is -0.572. The second-order valence-electron chi connectivity index (χ2n) is 9.55. The van der Waals surface area contributed by atoms with Gasteiger partial charge in [0.15, 0.2) is 0 Å². The standard InChI is InChI=1S/C34H29Cl2N3O5S/c1-3-44-34(43)23-12-14-25(15-13-23)37-31(40)21(2)45-27-18-16-26(17-19-27)38-33(42)29(20-24-10-7-11-28(35)30(24)36)39-32(41)22-8-5-4-6-9-22/h4-21H,3H2,1-2H3,(H,37,40)(H,38,42)(H,39,41)/b29-20-. The van der Waals surface area contributed by atoms with Gasteiger partial charge in [0, 0.05) is 21.8 Å². The number of halogens is 2. The third kappa shape index (κ3) is 9.46. The van der Waals surface area contributed by atoms with E-state index in [1.165, 1.54) is 17.8 Å². The summed E-state index contributed by atoms with van der Waals surface area (Å²) in [6, 6.07) is 26.9. The number of amides is 3. The molecule has 8 nitrogen and oxygen atoms in total. The Morgan fingerprint density at radius 3 is 2.11 bits per heavy atom. The fourth-order valence-electron chi connectivity index (χ4n) is 3.95. The van der Waals surface area contributed by atoms with Crippen molar-refractivity contribution in [3.05, 3.63) is 129 Å². The average molecular weight is 663 g/mol. The molecule has 4 aromatic carbocycles. The van der Waals surface area contributed by atoms with E-state index in [0.29, 0.717) is 33.1 Å². The highest BCUT2D eigenvalue weighted by molar-refractivity contribution is 8.00. The number of ether oxygens (including phenoxy) is 1. The summed E-state index contributed by atoms with van der Waals surface area (Å²) in [5.41, 5.74) is 2.23. The predicted octanol–water partition coefficient (Wildman–Crippen LogP) is 7.70. The van der Waals surface area contributed by atoms with Gasteiger partial charge in [0.25, 0.3) is 11.8 Å². The SMILES string of the molecule is CCOC(=O)c1ccc(NC(=O)C(C)Sc2ccc(NC(=O)/C(=C/c3cccc(Cl)c3Cl)NC(=O)c3ccccc3)cc2)cc1. The first-order chi connectivity index (χ1) is 21.6. The van der Waals surface area contributed by atoms with E-state index < -0.39 is 23.0 Å². The molecule has 11 heteroatoms. The van der Waals surface area contributed by atoms with Gasteiger partial charge in [0.1, 0.15) is 5.70 Å². The zero-order chi connectivity index (χ0) is 32.3. The summed E-state index contributed by atoms with van der Waals surface area (Å²) < 4.78 is 4.98. The molecule has 0 aromatic heterocycles. The minimum Gasteiger partial charge on any atom is -0.462 e. The molecule has 0 saturated heterocycles. The van der Waals surface area contributed by atoms with Gasteiger partial charge in [0.05, 0.1) is 27.5 Å². The Balaban J connectivity index is 1.41. The van der Waals surface area contributed by atoms with Gasteiger partial charge < -0.3 is 20.7 Å². The number of thioether (sulfide) groups is 1. The first-order valence-corrected chi connectivity index (χ1v) is 15.5. The lowest BCUT2D eigenvalue weighted by Gasteiger charge is -2.14. The van der Waals surface area contributed by atoms with Gasteiger partial charge in [-0.3, -0.25) is 14.4 Å². The van der Waals surface area contributed by atoms with Crippen LogP contribution in [0.1, 0.15) is 40.1 Å². The molecule has 0 aliphatic carbocycles. The first-order valence-electron chi connectivity index (χ1n) is 13.8. The highest BCUT2D eigenvalue weighted by atomic mass is 35.5. The number of nitrogens with one attached hydrogen (secondary N) is 3. The van der Waals surface area contributed by atoms with Crippen molar-refractivity contribution in [2.75, 3.05) is 17.2 Å². The second kappa shape index (κ2) is 15.9. The van der Waals surface area contributed by atoms with Crippen molar-refractivity contribution in [3.8, 4) is 0 Å². The Morgan fingerprint density at radius 1 is 0.800 bits per heavy atom. The molecule has 45 heavy (non-hydrogen) atoms. The predicted molar refractivity (Wildman–Crippen MR) is 180 cm³/mol.